The first kappa shape index (κ1) is 18.5. The van der Waals surface area contributed by atoms with Gasteiger partial charge in [0.1, 0.15) is 6.04 Å². The quantitative estimate of drug-likeness (QED) is 0.759. The van der Waals surface area contributed by atoms with Gasteiger partial charge < -0.3 is 15.6 Å². The molecule has 1 aliphatic heterocycles. The average molecular weight is 347 g/mol. The number of carbonyl (C=O) groups is 1. The number of nitrogens with zero attached hydrogens (tertiary/aromatic N) is 3. The summed E-state index contributed by atoms with van der Waals surface area (Å²) in [6.45, 7) is 4.93. The van der Waals surface area contributed by atoms with Crippen molar-refractivity contribution in [1.82, 2.24) is 25.1 Å². The molecule has 0 spiro atoms. The van der Waals surface area contributed by atoms with Crippen LogP contribution in [0.15, 0.2) is 6.33 Å². The SMILES string of the molecule is Cc1n[nH]c(C)c1C(N)C(=O)N1CCc2nc[nH]c2C1.Cl.Cl. The van der Waals surface area contributed by atoms with Crippen molar-refractivity contribution in [3.8, 4) is 0 Å². The van der Waals surface area contributed by atoms with Gasteiger partial charge in [0.15, 0.2) is 0 Å². The number of carbonyl (C=O) groups excluding carboxylic acids is 1. The number of hydrogen-bond acceptors (Lipinski definition) is 4. The maximum Gasteiger partial charge on any atom is 0.244 e. The topological polar surface area (TPSA) is 104 Å². The second-order valence-electron chi connectivity index (χ2n) is 5.16. The third-order valence-corrected chi connectivity index (χ3v) is 3.85. The molecule has 2 aromatic heterocycles. The molecule has 1 atom stereocenters. The fourth-order valence-electron chi connectivity index (χ4n) is 2.74. The minimum absolute atomic E-state index is 0. The highest BCUT2D eigenvalue weighted by molar-refractivity contribution is 5.85. The number of aromatic nitrogens is 4. The van der Waals surface area contributed by atoms with Gasteiger partial charge in [0.05, 0.1) is 30.0 Å². The highest BCUT2D eigenvalue weighted by Crippen LogP contribution is 2.22. The molecular formula is C13H20Cl2N6O. The molecule has 1 unspecified atom stereocenters. The Bertz CT molecular complexity index is 633. The minimum Gasteiger partial charge on any atom is -0.347 e. The Kier molecular flexibility index (Phi) is 5.99. The summed E-state index contributed by atoms with van der Waals surface area (Å²) in [5, 5.41) is 6.97. The van der Waals surface area contributed by atoms with Crippen molar-refractivity contribution in [3.05, 3.63) is 34.7 Å². The van der Waals surface area contributed by atoms with Crippen LogP contribution < -0.4 is 5.73 Å². The summed E-state index contributed by atoms with van der Waals surface area (Å²) in [5.41, 5.74) is 10.6. The molecule has 7 nitrogen and oxygen atoms in total. The lowest BCUT2D eigenvalue weighted by Gasteiger charge is -2.28. The molecule has 0 fully saturated rings. The van der Waals surface area contributed by atoms with E-state index >= 15 is 0 Å². The molecule has 1 amide bonds. The maximum absolute atomic E-state index is 12.6. The number of imidazole rings is 1. The van der Waals surface area contributed by atoms with Crippen LogP contribution in [0.5, 0.6) is 0 Å². The second-order valence-corrected chi connectivity index (χ2v) is 5.16. The van der Waals surface area contributed by atoms with Crippen molar-refractivity contribution >= 4 is 30.7 Å². The smallest absolute Gasteiger partial charge is 0.244 e. The third kappa shape index (κ3) is 3.11. The first-order chi connectivity index (χ1) is 9.58. The lowest BCUT2D eigenvalue weighted by atomic mass is 10.0. The molecule has 0 saturated carbocycles. The fourth-order valence-corrected chi connectivity index (χ4v) is 2.74. The number of amides is 1. The average Bonchev–Trinajstić information content (AvgIpc) is 3.03. The number of hydrogen-bond donors (Lipinski definition) is 3. The Morgan fingerprint density at radius 2 is 2.14 bits per heavy atom. The normalized spacial score (nSPS) is 14.6. The molecule has 0 aliphatic carbocycles. The van der Waals surface area contributed by atoms with Crippen LogP contribution in [0.25, 0.3) is 0 Å². The van der Waals surface area contributed by atoms with Crippen LogP contribution >= 0.6 is 24.8 Å². The summed E-state index contributed by atoms with van der Waals surface area (Å²) >= 11 is 0. The lowest BCUT2D eigenvalue weighted by Crippen LogP contribution is -2.41. The summed E-state index contributed by atoms with van der Waals surface area (Å²) in [7, 11) is 0. The van der Waals surface area contributed by atoms with Crippen LogP contribution in [-0.4, -0.2) is 37.5 Å². The second kappa shape index (κ2) is 7.13. The van der Waals surface area contributed by atoms with E-state index in [0.717, 1.165) is 34.8 Å². The summed E-state index contributed by atoms with van der Waals surface area (Å²) in [5.74, 6) is -0.0714. The van der Waals surface area contributed by atoms with Gasteiger partial charge in [-0.15, -0.1) is 24.8 Å². The highest BCUT2D eigenvalue weighted by atomic mass is 35.5. The zero-order valence-corrected chi connectivity index (χ0v) is 14.1. The van der Waals surface area contributed by atoms with E-state index in [-0.39, 0.29) is 30.7 Å². The van der Waals surface area contributed by atoms with Crippen molar-refractivity contribution < 1.29 is 4.79 Å². The number of aromatic amines is 2. The molecule has 0 radical (unpaired) electrons. The maximum atomic E-state index is 12.6. The van der Waals surface area contributed by atoms with E-state index in [0.29, 0.717) is 13.1 Å². The largest absolute Gasteiger partial charge is 0.347 e. The molecule has 0 bridgehead atoms. The van der Waals surface area contributed by atoms with Crippen LogP contribution in [0.4, 0.5) is 0 Å². The van der Waals surface area contributed by atoms with Gasteiger partial charge >= 0.3 is 0 Å². The standard InChI is InChI=1S/C13H18N6O.2ClH/c1-7-11(8(2)18-17-7)12(14)13(20)19-4-3-9-10(5-19)16-6-15-9;;/h6,12H,3-5,14H2,1-2H3,(H,15,16)(H,17,18);2*1H. The zero-order valence-electron chi connectivity index (χ0n) is 12.4. The molecule has 122 valence electrons. The Morgan fingerprint density at radius 3 is 2.77 bits per heavy atom. The number of fused-ring (bicyclic) bond motifs is 1. The van der Waals surface area contributed by atoms with Crippen molar-refractivity contribution in [3.63, 3.8) is 0 Å². The summed E-state index contributed by atoms with van der Waals surface area (Å²) in [6, 6.07) is -0.668. The Balaban J connectivity index is 0.00000121. The first-order valence-corrected chi connectivity index (χ1v) is 6.65. The molecule has 3 rings (SSSR count). The van der Waals surface area contributed by atoms with Gasteiger partial charge in [0, 0.05) is 24.2 Å². The van der Waals surface area contributed by atoms with Gasteiger partial charge in [0.2, 0.25) is 5.91 Å². The van der Waals surface area contributed by atoms with E-state index < -0.39 is 6.04 Å². The number of nitrogens with one attached hydrogen (secondary N) is 2. The van der Waals surface area contributed by atoms with Crippen LogP contribution in [0.2, 0.25) is 0 Å². The van der Waals surface area contributed by atoms with Crippen LogP contribution in [0, 0.1) is 13.8 Å². The van der Waals surface area contributed by atoms with Gasteiger partial charge in [-0.2, -0.15) is 5.10 Å². The molecule has 4 N–H and O–H groups in total. The number of aryl methyl sites for hydroxylation is 2. The van der Waals surface area contributed by atoms with E-state index in [9.17, 15) is 4.79 Å². The van der Waals surface area contributed by atoms with Gasteiger partial charge in [-0.1, -0.05) is 0 Å². The Hall–Kier alpha value is -1.57. The highest BCUT2D eigenvalue weighted by Gasteiger charge is 2.29. The van der Waals surface area contributed by atoms with Crippen LogP contribution in [-0.2, 0) is 17.8 Å². The van der Waals surface area contributed by atoms with Crippen molar-refractivity contribution in [1.29, 1.82) is 0 Å². The zero-order chi connectivity index (χ0) is 14.3. The molecule has 0 aromatic carbocycles. The fraction of sp³-hybridized carbons (Fsp3) is 0.462. The summed E-state index contributed by atoms with van der Waals surface area (Å²) in [4.78, 5) is 21.6. The van der Waals surface area contributed by atoms with E-state index in [2.05, 4.69) is 20.2 Å². The molecule has 3 heterocycles. The minimum atomic E-state index is -0.668. The molecule has 22 heavy (non-hydrogen) atoms. The van der Waals surface area contributed by atoms with E-state index in [4.69, 9.17) is 5.73 Å². The van der Waals surface area contributed by atoms with E-state index in [1.54, 1.807) is 11.2 Å². The number of halogens is 2. The van der Waals surface area contributed by atoms with Crippen molar-refractivity contribution in [2.75, 3.05) is 6.54 Å². The molecule has 0 saturated heterocycles. The predicted molar refractivity (Wildman–Crippen MR) is 87.2 cm³/mol. The van der Waals surface area contributed by atoms with Gasteiger partial charge in [-0.25, -0.2) is 4.98 Å². The first-order valence-electron chi connectivity index (χ1n) is 6.65. The van der Waals surface area contributed by atoms with E-state index in [1.165, 1.54) is 0 Å². The van der Waals surface area contributed by atoms with E-state index in [1.807, 2.05) is 13.8 Å². The van der Waals surface area contributed by atoms with Gasteiger partial charge in [-0.05, 0) is 13.8 Å². The summed E-state index contributed by atoms with van der Waals surface area (Å²) in [6.07, 6.45) is 2.43. The van der Waals surface area contributed by atoms with Gasteiger partial charge in [-0.3, -0.25) is 9.89 Å². The number of nitrogens with two attached hydrogens (primary N) is 1. The lowest BCUT2D eigenvalue weighted by molar-refractivity contribution is -0.133. The van der Waals surface area contributed by atoms with Crippen LogP contribution in [0.3, 0.4) is 0 Å². The van der Waals surface area contributed by atoms with Gasteiger partial charge in [0.25, 0.3) is 0 Å². The molecule has 2 aromatic rings. The molecular weight excluding hydrogens is 327 g/mol. The number of rotatable bonds is 2. The Labute approximate surface area is 140 Å². The number of H-pyrrole nitrogens is 2. The monoisotopic (exact) mass is 346 g/mol. The molecule has 1 aliphatic rings. The predicted octanol–water partition coefficient (Wildman–Crippen LogP) is 1.18. The molecule has 9 heteroatoms. The Morgan fingerprint density at radius 1 is 1.41 bits per heavy atom. The van der Waals surface area contributed by atoms with Crippen molar-refractivity contribution in [2.45, 2.75) is 32.9 Å². The summed E-state index contributed by atoms with van der Waals surface area (Å²) < 4.78 is 0. The van der Waals surface area contributed by atoms with Crippen molar-refractivity contribution in [2.24, 2.45) is 5.73 Å². The third-order valence-electron chi connectivity index (χ3n) is 3.85. The van der Waals surface area contributed by atoms with Crippen LogP contribution in [0.1, 0.15) is 34.4 Å².